The van der Waals surface area contributed by atoms with E-state index in [4.69, 9.17) is 17.3 Å². The average Bonchev–Trinajstić information content (AvgIpc) is 2.44. The van der Waals surface area contributed by atoms with E-state index in [1.165, 1.54) is 0 Å². The van der Waals surface area contributed by atoms with E-state index in [0.717, 1.165) is 23.2 Å². The summed E-state index contributed by atoms with van der Waals surface area (Å²) in [5, 5.41) is 3.74. The van der Waals surface area contributed by atoms with Gasteiger partial charge >= 0.3 is 0 Å². The fourth-order valence-electron chi connectivity index (χ4n) is 1.79. The molecule has 0 spiro atoms. The lowest BCUT2D eigenvalue weighted by molar-refractivity contribution is 0.816. The fraction of sp³-hybridized carbons (Fsp3) is 0.308. The third-order valence-electron chi connectivity index (χ3n) is 2.86. The first-order valence-electron chi connectivity index (χ1n) is 6.52. The van der Waals surface area contributed by atoms with Crippen LogP contribution in [0.25, 0.3) is 0 Å². The molecule has 8 heteroatoms. The van der Waals surface area contributed by atoms with E-state index in [0.29, 0.717) is 16.9 Å². The van der Waals surface area contributed by atoms with E-state index in [9.17, 15) is 0 Å². The first-order valence-corrected chi connectivity index (χ1v) is 7.69. The number of halogens is 2. The number of nitrogens with zero attached hydrogens (tertiary/aromatic N) is 4. The molecule has 0 fully saturated rings. The number of hydrogen-bond acceptors (Lipinski definition) is 6. The first-order chi connectivity index (χ1) is 10.0. The van der Waals surface area contributed by atoms with E-state index in [1.54, 1.807) is 6.07 Å². The number of nitrogens with two attached hydrogens (primary N) is 1. The summed E-state index contributed by atoms with van der Waals surface area (Å²) in [7, 11) is 0. The van der Waals surface area contributed by atoms with Gasteiger partial charge in [0.1, 0.15) is 0 Å². The number of aromatic nitrogens is 3. The minimum Gasteiger partial charge on any atom is -0.368 e. The zero-order valence-electron chi connectivity index (χ0n) is 11.8. The van der Waals surface area contributed by atoms with Crippen LogP contribution < -0.4 is 16.0 Å². The highest BCUT2D eigenvalue weighted by atomic mass is 79.9. The van der Waals surface area contributed by atoms with Crippen molar-refractivity contribution in [3.63, 3.8) is 0 Å². The normalized spacial score (nSPS) is 10.5. The summed E-state index contributed by atoms with van der Waals surface area (Å²) in [6.45, 7) is 5.66. The van der Waals surface area contributed by atoms with Crippen molar-refractivity contribution in [2.24, 2.45) is 0 Å². The molecule has 0 bridgehead atoms. The Balaban J connectivity index is 2.29. The maximum absolute atomic E-state index is 5.97. The monoisotopic (exact) mass is 370 g/mol. The molecule has 0 unspecified atom stereocenters. The molecule has 0 atom stereocenters. The van der Waals surface area contributed by atoms with Crippen LogP contribution in [0, 0.1) is 0 Å². The summed E-state index contributed by atoms with van der Waals surface area (Å²) in [6.07, 6.45) is 0. The zero-order chi connectivity index (χ0) is 15.4. The standard InChI is InChI=1S/C13H16BrClN6/c1-3-21(4-2)13-19-11(16)18-12(20-13)17-8-5-6-10(15)9(14)7-8/h5-7H,3-4H2,1-2H3,(H3,16,17,18,19,20). The molecule has 0 aliphatic rings. The van der Waals surface area contributed by atoms with E-state index < -0.39 is 0 Å². The van der Waals surface area contributed by atoms with E-state index in [-0.39, 0.29) is 5.95 Å². The Bertz CT molecular complexity index is 632. The largest absolute Gasteiger partial charge is 0.368 e. The minimum absolute atomic E-state index is 0.183. The van der Waals surface area contributed by atoms with E-state index in [2.05, 4.69) is 36.2 Å². The summed E-state index contributed by atoms with van der Waals surface area (Å²) >= 11 is 9.35. The molecule has 1 heterocycles. The molecule has 6 nitrogen and oxygen atoms in total. The number of anilines is 4. The highest BCUT2D eigenvalue weighted by molar-refractivity contribution is 9.10. The molecular formula is C13H16BrClN6. The van der Waals surface area contributed by atoms with Crippen molar-refractivity contribution in [2.45, 2.75) is 13.8 Å². The summed E-state index contributed by atoms with van der Waals surface area (Å²) in [4.78, 5) is 14.7. The molecule has 0 radical (unpaired) electrons. The summed E-state index contributed by atoms with van der Waals surface area (Å²) in [5.74, 6) is 1.14. The second-order valence-electron chi connectivity index (χ2n) is 4.24. The maximum Gasteiger partial charge on any atom is 0.233 e. The molecule has 0 amide bonds. The highest BCUT2D eigenvalue weighted by Gasteiger charge is 2.10. The molecule has 0 aliphatic carbocycles. The van der Waals surface area contributed by atoms with Crippen LogP contribution in [-0.2, 0) is 0 Å². The Hall–Kier alpha value is -1.60. The Morgan fingerprint density at radius 2 is 1.95 bits per heavy atom. The zero-order valence-corrected chi connectivity index (χ0v) is 14.1. The van der Waals surface area contributed by atoms with Crippen molar-refractivity contribution in [1.29, 1.82) is 0 Å². The molecule has 2 aromatic rings. The van der Waals surface area contributed by atoms with Crippen molar-refractivity contribution >= 4 is 51.1 Å². The van der Waals surface area contributed by atoms with Gasteiger partial charge in [-0.2, -0.15) is 15.0 Å². The average molecular weight is 372 g/mol. The van der Waals surface area contributed by atoms with Gasteiger partial charge in [-0.1, -0.05) is 11.6 Å². The summed E-state index contributed by atoms with van der Waals surface area (Å²) in [5.41, 5.74) is 6.56. The Kier molecular flexibility index (Phi) is 5.19. The van der Waals surface area contributed by atoms with Crippen LogP contribution >= 0.6 is 27.5 Å². The topological polar surface area (TPSA) is 80.0 Å². The van der Waals surface area contributed by atoms with Crippen LogP contribution in [0.2, 0.25) is 5.02 Å². The van der Waals surface area contributed by atoms with Gasteiger partial charge in [-0.05, 0) is 48.0 Å². The number of hydrogen-bond donors (Lipinski definition) is 2. The van der Waals surface area contributed by atoms with Gasteiger partial charge in [0.05, 0.1) is 5.02 Å². The SMILES string of the molecule is CCN(CC)c1nc(N)nc(Nc2ccc(Cl)c(Br)c2)n1. The Labute approximate surface area is 136 Å². The van der Waals surface area contributed by atoms with Crippen molar-refractivity contribution < 1.29 is 0 Å². The van der Waals surface area contributed by atoms with Gasteiger partial charge in [-0.25, -0.2) is 0 Å². The molecule has 1 aromatic carbocycles. The van der Waals surface area contributed by atoms with Crippen molar-refractivity contribution in [3.05, 3.63) is 27.7 Å². The van der Waals surface area contributed by atoms with Crippen LogP contribution in [0.5, 0.6) is 0 Å². The first kappa shape index (κ1) is 15.8. The van der Waals surface area contributed by atoms with Gasteiger partial charge in [-0.15, -0.1) is 0 Å². The lowest BCUT2D eigenvalue weighted by Gasteiger charge is -2.19. The van der Waals surface area contributed by atoms with Crippen LogP contribution in [0.15, 0.2) is 22.7 Å². The molecule has 112 valence electrons. The van der Waals surface area contributed by atoms with Gasteiger partial charge in [0, 0.05) is 23.2 Å². The summed E-state index contributed by atoms with van der Waals surface area (Å²) in [6, 6.07) is 5.47. The van der Waals surface area contributed by atoms with Crippen molar-refractivity contribution in [2.75, 3.05) is 29.0 Å². The van der Waals surface area contributed by atoms with Crippen molar-refractivity contribution in [3.8, 4) is 0 Å². The predicted molar refractivity (Wildman–Crippen MR) is 90.2 cm³/mol. The number of nitrogens with one attached hydrogen (secondary N) is 1. The minimum atomic E-state index is 0.183. The van der Waals surface area contributed by atoms with Crippen LogP contribution in [0.4, 0.5) is 23.5 Å². The second-order valence-corrected chi connectivity index (χ2v) is 5.50. The van der Waals surface area contributed by atoms with Gasteiger partial charge < -0.3 is 16.0 Å². The third kappa shape index (κ3) is 3.95. The van der Waals surface area contributed by atoms with Crippen LogP contribution in [0.3, 0.4) is 0 Å². The van der Waals surface area contributed by atoms with Gasteiger partial charge in [0.15, 0.2) is 0 Å². The van der Waals surface area contributed by atoms with Crippen molar-refractivity contribution in [1.82, 2.24) is 15.0 Å². The molecule has 0 saturated heterocycles. The number of benzene rings is 1. The summed E-state index contributed by atoms with van der Waals surface area (Å²) < 4.78 is 0.792. The Morgan fingerprint density at radius 1 is 1.24 bits per heavy atom. The molecule has 0 saturated carbocycles. The number of rotatable bonds is 5. The molecular weight excluding hydrogens is 356 g/mol. The maximum atomic E-state index is 5.97. The lowest BCUT2D eigenvalue weighted by Crippen LogP contribution is -2.25. The molecule has 3 N–H and O–H groups in total. The second kappa shape index (κ2) is 6.91. The Morgan fingerprint density at radius 3 is 2.57 bits per heavy atom. The fourth-order valence-corrected chi connectivity index (χ4v) is 2.28. The van der Waals surface area contributed by atoms with E-state index >= 15 is 0 Å². The smallest absolute Gasteiger partial charge is 0.233 e. The van der Waals surface area contributed by atoms with Gasteiger partial charge in [-0.3, -0.25) is 0 Å². The van der Waals surface area contributed by atoms with Gasteiger partial charge in [0.25, 0.3) is 0 Å². The third-order valence-corrected chi connectivity index (χ3v) is 4.08. The molecule has 21 heavy (non-hydrogen) atoms. The molecule has 2 rings (SSSR count). The predicted octanol–water partition coefficient (Wildman–Crippen LogP) is 3.46. The number of nitrogen functional groups attached to an aromatic ring is 1. The lowest BCUT2D eigenvalue weighted by atomic mass is 10.3. The van der Waals surface area contributed by atoms with Crippen LogP contribution in [-0.4, -0.2) is 28.0 Å². The molecule has 0 aliphatic heterocycles. The van der Waals surface area contributed by atoms with Gasteiger partial charge in [0.2, 0.25) is 17.8 Å². The van der Waals surface area contributed by atoms with Crippen LogP contribution in [0.1, 0.15) is 13.8 Å². The highest BCUT2D eigenvalue weighted by Crippen LogP contribution is 2.27. The van der Waals surface area contributed by atoms with E-state index in [1.807, 2.05) is 30.9 Å². The molecule has 1 aromatic heterocycles. The quantitative estimate of drug-likeness (QED) is 0.838.